The highest BCUT2D eigenvalue weighted by Crippen LogP contribution is 2.38. The van der Waals surface area contributed by atoms with Crippen molar-refractivity contribution in [1.82, 2.24) is 15.1 Å². The number of amides is 3. The van der Waals surface area contributed by atoms with E-state index >= 15 is 0 Å². The molecule has 5 nitrogen and oxygen atoms in total. The Morgan fingerprint density at radius 1 is 1.06 bits per heavy atom. The number of nitrogens with one attached hydrogen (secondary N) is 1. The van der Waals surface area contributed by atoms with Gasteiger partial charge in [-0.05, 0) is 35.4 Å². The minimum Gasteiger partial charge on any atom is -0.329 e. The molecule has 1 atom stereocenters. The number of nitrogens with zero attached hydrogens (tertiary/aromatic N) is 2. The van der Waals surface area contributed by atoms with E-state index in [0.29, 0.717) is 22.4 Å². The highest BCUT2D eigenvalue weighted by molar-refractivity contribution is 6.01. The molecule has 2 aromatic carbocycles. The maximum atomic E-state index is 13.3. The highest BCUT2D eigenvalue weighted by atomic mass is 19.4. The van der Waals surface area contributed by atoms with Crippen molar-refractivity contribution < 1.29 is 27.2 Å². The molecule has 0 fully saturated rings. The fourth-order valence-electron chi connectivity index (χ4n) is 3.92. The van der Waals surface area contributed by atoms with Gasteiger partial charge in [0.15, 0.2) is 0 Å². The number of halogens is 4. The van der Waals surface area contributed by atoms with Gasteiger partial charge < -0.3 is 10.2 Å². The molecule has 0 bridgehead atoms. The Morgan fingerprint density at radius 2 is 1.72 bits per heavy atom. The van der Waals surface area contributed by atoms with E-state index in [1.165, 1.54) is 40.1 Å². The third-order valence-corrected chi connectivity index (χ3v) is 5.47. The molecule has 9 heteroatoms. The minimum absolute atomic E-state index is 0.143. The van der Waals surface area contributed by atoms with Gasteiger partial charge in [0, 0.05) is 13.1 Å². The first-order valence-electron chi connectivity index (χ1n) is 9.82. The molecule has 2 aliphatic heterocycles. The van der Waals surface area contributed by atoms with Crippen LogP contribution in [0.15, 0.2) is 72.5 Å². The minimum atomic E-state index is -4.49. The molecule has 32 heavy (non-hydrogen) atoms. The Hall–Kier alpha value is -3.62. The molecule has 2 heterocycles. The molecule has 0 saturated carbocycles. The number of hydrogen-bond acceptors (Lipinski definition) is 2. The molecule has 0 radical (unpaired) electrons. The fourth-order valence-corrected chi connectivity index (χ4v) is 3.92. The third-order valence-electron chi connectivity index (χ3n) is 5.47. The van der Waals surface area contributed by atoms with Gasteiger partial charge in [-0.1, -0.05) is 30.3 Å². The van der Waals surface area contributed by atoms with Crippen LogP contribution in [0.1, 0.15) is 22.7 Å². The summed E-state index contributed by atoms with van der Waals surface area (Å²) in [5.41, 5.74) is 1.04. The van der Waals surface area contributed by atoms with E-state index in [1.807, 2.05) is 0 Å². The van der Waals surface area contributed by atoms with Gasteiger partial charge in [-0.25, -0.2) is 9.18 Å². The van der Waals surface area contributed by atoms with E-state index in [4.69, 9.17) is 0 Å². The number of carbonyl (C=O) groups is 2. The number of urea groups is 1. The molecule has 0 spiro atoms. The van der Waals surface area contributed by atoms with Crippen LogP contribution in [0, 0.1) is 5.82 Å². The summed E-state index contributed by atoms with van der Waals surface area (Å²) in [5.74, 6) is -0.739. The van der Waals surface area contributed by atoms with E-state index in [-0.39, 0.29) is 25.5 Å². The van der Waals surface area contributed by atoms with E-state index in [9.17, 15) is 27.2 Å². The van der Waals surface area contributed by atoms with Crippen molar-refractivity contribution in [3.05, 3.63) is 95.0 Å². The first-order valence-corrected chi connectivity index (χ1v) is 9.82. The predicted octanol–water partition coefficient (Wildman–Crippen LogP) is 4.39. The van der Waals surface area contributed by atoms with Crippen LogP contribution in [0.5, 0.6) is 0 Å². The second kappa shape index (κ2) is 8.14. The molecule has 166 valence electrons. The van der Waals surface area contributed by atoms with E-state index in [2.05, 4.69) is 11.9 Å². The average molecular weight is 445 g/mol. The van der Waals surface area contributed by atoms with E-state index in [0.717, 1.165) is 12.1 Å². The molecule has 1 unspecified atom stereocenters. The average Bonchev–Trinajstić information content (AvgIpc) is 3.07. The maximum Gasteiger partial charge on any atom is 0.416 e. The van der Waals surface area contributed by atoms with Crippen molar-refractivity contribution in [2.45, 2.75) is 18.8 Å². The predicted molar refractivity (Wildman–Crippen MR) is 108 cm³/mol. The number of hydrogen-bond donors (Lipinski definition) is 1. The van der Waals surface area contributed by atoms with Crippen LogP contribution in [-0.2, 0) is 17.5 Å². The lowest BCUT2D eigenvalue weighted by Crippen LogP contribution is -2.47. The second-order valence-corrected chi connectivity index (χ2v) is 7.55. The van der Waals surface area contributed by atoms with Gasteiger partial charge in [0.2, 0.25) is 0 Å². The lowest BCUT2D eigenvalue weighted by atomic mass is 9.94. The molecule has 1 N–H and O–H groups in total. The Balaban J connectivity index is 1.68. The fraction of sp³-hybridized carbons (Fsp3) is 0.217. The van der Waals surface area contributed by atoms with E-state index in [1.54, 1.807) is 12.1 Å². The molecular formula is C23H19F4N3O2. The molecule has 0 aromatic heterocycles. The molecule has 0 saturated heterocycles. The van der Waals surface area contributed by atoms with Crippen LogP contribution in [0.4, 0.5) is 22.4 Å². The molecular weight excluding hydrogens is 426 g/mol. The summed E-state index contributed by atoms with van der Waals surface area (Å²) in [6.45, 7) is 4.15. The molecule has 2 aromatic rings. The number of benzene rings is 2. The lowest BCUT2D eigenvalue weighted by molar-refractivity contribution is -0.137. The Bertz CT molecular complexity index is 1090. The van der Waals surface area contributed by atoms with Crippen molar-refractivity contribution in [1.29, 1.82) is 0 Å². The van der Waals surface area contributed by atoms with Gasteiger partial charge in [-0.2, -0.15) is 13.2 Å². The summed E-state index contributed by atoms with van der Waals surface area (Å²) in [6.07, 6.45) is -2.97. The van der Waals surface area contributed by atoms with Gasteiger partial charge in [-0.15, -0.1) is 6.58 Å². The largest absolute Gasteiger partial charge is 0.416 e. The van der Waals surface area contributed by atoms with Gasteiger partial charge in [0.25, 0.3) is 5.91 Å². The first-order chi connectivity index (χ1) is 15.2. The van der Waals surface area contributed by atoms with E-state index < -0.39 is 29.6 Å². The highest BCUT2D eigenvalue weighted by Gasteiger charge is 2.43. The van der Waals surface area contributed by atoms with Crippen molar-refractivity contribution in [3.8, 4) is 0 Å². The lowest BCUT2D eigenvalue weighted by Gasteiger charge is -2.33. The molecule has 0 aliphatic carbocycles. The summed E-state index contributed by atoms with van der Waals surface area (Å²) in [7, 11) is 0. The normalized spacial score (nSPS) is 18.7. The summed E-state index contributed by atoms with van der Waals surface area (Å²) >= 11 is 0. The second-order valence-electron chi connectivity index (χ2n) is 7.55. The van der Waals surface area contributed by atoms with Crippen LogP contribution in [0.3, 0.4) is 0 Å². The van der Waals surface area contributed by atoms with Gasteiger partial charge in [0.1, 0.15) is 5.82 Å². The van der Waals surface area contributed by atoms with Crippen molar-refractivity contribution in [2.75, 3.05) is 13.1 Å². The van der Waals surface area contributed by atoms with Crippen LogP contribution in [0.2, 0.25) is 0 Å². The van der Waals surface area contributed by atoms with Crippen molar-refractivity contribution in [2.24, 2.45) is 0 Å². The summed E-state index contributed by atoms with van der Waals surface area (Å²) < 4.78 is 52.0. The zero-order valence-corrected chi connectivity index (χ0v) is 16.8. The number of carbonyl (C=O) groups excluding carboxylic acids is 2. The quantitative estimate of drug-likeness (QED) is 0.548. The van der Waals surface area contributed by atoms with Gasteiger partial charge in [0.05, 0.1) is 29.4 Å². The summed E-state index contributed by atoms with van der Waals surface area (Å²) in [4.78, 5) is 28.9. The number of rotatable bonds is 5. The Labute approximate surface area is 181 Å². The van der Waals surface area contributed by atoms with Crippen LogP contribution < -0.4 is 5.32 Å². The molecule has 4 rings (SSSR count). The van der Waals surface area contributed by atoms with Gasteiger partial charge in [-0.3, -0.25) is 9.69 Å². The third kappa shape index (κ3) is 3.98. The monoisotopic (exact) mass is 445 g/mol. The summed E-state index contributed by atoms with van der Waals surface area (Å²) in [6, 6.07) is 8.75. The van der Waals surface area contributed by atoms with Crippen LogP contribution in [-0.4, -0.2) is 34.8 Å². The zero-order valence-electron chi connectivity index (χ0n) is 16.8. The smallest absolute Gasteiger partial charge is 0.329 e. The zero-order chi connectivity index (χ0) is 23.0. The molecule has 2 aliphatic rings. The topological polar surface area (TPSA) is 52.7 Å². The summed E-state index contributed by atoms with van der Waals surface area (Å²) in [5, 5.41) is 2.72. The van der Waals surface area contributed by atoms with Crippen molar-refractivity contribution in [3.63, 3.8) is 0 Å². The maximum absolute atomic E-state index is 13.3. The Kier molecular flexibility index (Phi) is 5.50. The van der Waals surface area contributed by atoms with Crippen molar-refractivity contribution >= 4 is 11.9 Å². The first kappa shape index (κ1) is 21.6. The van der Waals surface area contributed by atoms with Crippen LogP contribution >= 0.6 is 0 Å². The SMILES string of the molecule is C=CCN1C(=O)NC(c2ccc(C(F)(F)F)cc2)C2=C1CN(Cc1ccc(F)cc1)C2=O. The number of alkyl halides is 3. The van der Waals surface area contributed by atoms with Crippen LogP contribution in [0.25, 0.3) is 0 Å². The standard InChI is InChI=1S/C23H19F4N3O2/c1-2-11-30-18-13-29(12-14-3-9-17(24)10-4-14)21(31)19(18)20(28-22(30)32)15-5-7-16(8-6-15)23(25,26)27/h2-10,20H,1,11-13H2,(H,28,32). The van der Waals surface area contributed by atoms with Gasteiger partial charge >= 0.3 is 12.2 Å². The Morgan fingerprint density at radius 3 is 2.31 bits per heavy atom. The molecule has 3 amide bonds.